The molecule has 26 heavy (non-hydrogen) atoms. The van der Waals surface area contributed by atoms with E-state index in [9.17, 15) is 4.79 Å². The van der Waals surface area contributed by atoms with Crippen molar-refractivity contribution in [2.45, 2.75) is 31.8 Å². The molecule has 4 rings (SSSR count). The Morgan fingerprint density at radius 3 is 2.96 bits per heavy atom. The molecule has 1 saturated heterocycles. The second-order valence-corrected chi connectivity index (χ2v) is 6.64. The third kappa shape index (κ3) is 3.77. The van der Waals surface area contributed by atoms with Crippen molar-refractivity contribution in [3.05, 3.63) is 52.9 Å². The minimum Gasteiger partial charge on any atom is -0.424 e. The number of oxazole rings is 1. The summed E-state index contributed by atoms with van der Waals surface area (Å²) in [5.41, 5.74) is 1.61. The van der Waals surface area contributed by atoms with E-state index >= 15 is 0 Å². The number of benzene rings is 1. The maximum Gasteiger partial charge on any atom is 0.295 e. The summed E-state index contributed by atoms with van der Waals surface area (Å²) < 4.78 is 7.27. The maximum atomic E-state index is 11.8. The lowest BCUT2D eigenvalue weighted by atomic mass is 10.0. The fourth-order valence-corrected chi connectivity index (χ4v) is 3.52. The van der Waals surface area contributed by atoms with Gasteiger partial charge in [0.2, 0.25) is 0 Å². The molecule has 7 heteroatoms. The summed E-state index contributed by atoms with van der Waals surface area (Å²) in [6.45, 7) is 3.25. The Morgan fingerprint density at radius 1 is 1.15 bits per heavy atom. The van der Waals surface area contributed by atoms with Gasteiger partial charge in [0, 0.05) is 31.4 Å². The smallest absolute Gasteiger partial charge is 0.295 e. The molecular formula is C19H23N5O2. The molecule has 0 aliphatic carbocycles. The molecule has 1 N–H and O–H groups in total. The maximum absolute atomic E-state index is 11.8. The van der Waals surface area contributed by atoms with Gasteiger partial charge in [0.05, 0.1) is 6.54 Å². The number of para-hydroxylation sites is 2. The second kappa shape index (κ2) is 7.70. The third-order valence-corrected chi connectivity index (χ3v) is 4.92. The number of hydrogen-bond acceptors (Lipinski definition) is 6. The zero-order valence-electron chi connectivity index (χ0n) is 14.7. The van der Waals surface area contributed by atoms with E-state index in [-0.39, 0.29) is 5.56 Å². The van der Waals surface area contributed by atoms with Crippen LogP contribution in [0.3, 0.4) is 0 Å². The van der Waals surface area contributed by atoms with Crippen LogP contribution >= 0.6 is 0 Å². The van der Waals surface area contributed by atoms with E-state index < -0.39 is 0 Å². The number of piperidine rings is 1. The predicted octanol–water partition coefficient (Wildman–Crippen LogP) is 2.35. The highest BCUT2D eigenvalue weighted by molar-refractivity contribution is 5.74. The first-order valence-electron chi connectivity index (χ1n) is 9.15. The summed E-state index contributed by atoms with van der Waals surface area (Å²) in [5.74, 6) is 0. The number of rotatable bonds is 6. The molecule has 136 valence electrons. The standard InChI is InChI=1S/C19H23N5O2/c25-18-9-5-10-21-24(18)13-12-23-11-4-3-6-15(23)14-20-19-22-16-7-1-2-8-17(16)26-19/h1-2,5,7-10,15H,3-4,6,11-14H2,(H,20,22). The largest absolute Gasteiger partial charge is 0.424 e. The van der Waals surface area contributed by atoms with Crippen molar-refractivity contribution in [2.75, 3.05) is 25.0 Å². The molecule has 1 atom stereocenters. The van der Waals surface area contributed by atoms with Gasteiger partial charge in [-0.2, -0.15) is 10.1 Å². The number of fused-ring (bicyclic) bond motifs is 1. The number of nitrogens with zero attached hydrogens (tertiary/aromatic N) is 4. The molecule has 0 radical (unpaired) electrons. The summed E-state index contributed by atoms with van der Waals surface area (Å²) in [5, 5.41) is 7.48. The molecule has 1 fully saturated rings. The number of likely N-dealkylation sites (tertiary alicyclic amines) is 1. The topological polar surface area (TPSA) is 76.2 Å². The average molecular weight is 353 g/mol. The van der Waals surface area contributed by atoms with Crippen molar-refractivity contribution in [3.63, 3.8) is 0 Å². The molecule has 1 aliphatic heterocycles. The zero-order chi connectivity index (χ0) is 17.8. The lowest BCUT2D eigenvalue weighted by Crippen LogP contribution is -2.45. The highest BCUT2D eigenvalue weighted by atomic mass is 16.4. The van der Waals surface area contributed by atoms with Crippen molar-refractivity contribution in [1.29, 1.82) is 0 Å². The molecule has 3 heterocycles. The SMILES string of the molecule is O=c1cccnn1CCN1CCCCC1CNc1nc2ccccc2o1. The van der Waals surface area contributed by atoms with Gasteiger partial charge in [0.15, 0.2) is 5.58 Å². The van der Waals surface area contributed by atoms with Crippen LogP contribution in [-0.2, 0) is 6.54 Å². The average Bonchev–Trinajstić information content (AvgIpc) is 3.09. The van der Waals surface area contributed by atoms with Crippen molar-refractivity contribution in [3.8, 4) is 0 Å². The third-order valence-electron chi connectivity index (χ3n) is 4.92. The number of hydrogen-bond donors (Lipinski definition) is 1. The summed E-state index contributed by atoms with van der Waals surface area (Å²) in [7, 11) is 0. The van der Waals surface area contributed by atoms with E-state index in [1.54, 1.807) is 18.3 Å². The number of aromatic nitrogens is 3. The van der Waals surface area contributed by atoms with Crippen LogP contribution < -0.4 is 10.9 Å². The molecular weight excluding hydrogens is 330 g/mol. The van der Waals surface area contributed by atoms with Gasteiger partial charge >= 0.3 is 0 Å². The molecule has 0 spiro atoms. The quantitative estimate of drug-likeness (QED) is 0.733. The lowest BCUT2D eigenvalue weighted by molar-refractivity contribution is 0.147. The monoisotopic (exact) mass is 353 g/mol. The highest BCUT2D eigenvalue weighted by Crippen LogP contribution is 2.20. The van der Waals surface area contributed by atoms with Crippen LogP contribution in [0.15, 0.2) is 51.8 Å². The van der Waals surface area contributed by atoms with Crippen LogP contribution in [0, 0.1) is 0 Å². The Kier molecular flexibility index (Phi) is 4.97. The zero-order valence-corrected chi connectivity index (χ0v) is 14.7. The van der Waals surface area contributed by atoms with E-state index in [4.69, 9.17) is 4.42 Å². The van der Waals surface area contributed by atoms with Gasteiger partial charge in [-0.05, 0) is 37.6 Å². The first-order chi connectivity index (χ1) is 12.8. The Balaban J connectivity index is 1.37. The molecule has 0 saturated carbocycles. The highest BCUT2D eigenvalue weighted by Gasteiger charge is 2.22. The normalized spacial score (nSPS) is 18.2. The van der Waals surface area contributed by atoms with Crippen LogP contribution in [0.5, 0.6) is 0 Å². The number of anilines is 1. The van der Waals surface area contributed by atoms with Crippen LogP contribution in [0.1, 0.15) is 19.3 Å². The van der Waals surface area contributed by atoms with Gasteiger partial charge in [0.1, 0.15) is 5.52 Å². The van der Waals surface area contributed by atoms with E-state index in [0.717, 1.165) is 37.2 Å². The first kappa shape index (κ1) is 16.8. The summed E-state index contributed by atoms with van der Waals surface area (Å²) in [4.78, 5) is 18.7. The minimum atomic E-state index is -0.0503. The molecule has 3 aromatic rings. The number of nitrogens with one attached hydrogen (secondary N) is 1. The van der Waals surface area contributed by atoms with E-state index in [1.165, 1.54) is 17.5 Å². The van der Waals surface area contributed by atoms with E-state index in [0.29, 0.717) is 18.6 Å². The van der Waals surface area contributed by atoms with Crippen molar-refractivity contribution < 1.29 is 4.42 Å². The fraction of sp³-hybridized carbons (Fsp3) is 0.421. The lowest BCUT2D eigenvalue weighted by Gasteiger charge is -2.35. The molecule has 2 aromatic heterocycles. The minimum absolute atomic E-state index is 0.0503. The molecule has 0 amide bonds. The van der Waals surface area contributed by atoms with E-state index in [2.05, 4.69) is 20.3 Å². The van der Waals surface area contributed by atoms with E-state index in [1.807, 2.05) is 24.3 Å². The van der Waals surface area contributed by atoms with Crippen LogP contribution in [0.2, 0.25) is 0 Å². The Bertz CT molecular complexity index is 886. The van der Waals surface area contributed by atoms with Gasteiger partial charge in [-0.25, -0.2) is 4.68 Å². The van der Waals surface area contributed by atoms with Gasteiger partial charge in [0.25, 0.3) is 11.6 Å². The molecule has 1 aromatic carbocycles. The van der Waals surface area contributed by atoms with Crippen molar-refractivity contribution >= 4 is 17.1 Å². The van der Waals surface area contributed by atoms with Crippen LogP contribution in [0.4, 0.5) is 6.01 Å². The predicted molar refractivity (Wildman–Crippen MR) is 100 cm³/mol. The van der Waals surface area contributed by atoms with Crippen molar-refractivity contribution in [2.24, 2.45) is 0 Å². The summed E-state index contributed by atoms with van der Waals surface area (Å²) in [6.07, 6.45) is 5.20. The Labute approximate surface area is 151 Å². The molecule has 0 bridgehead atoms. The van der Waals surface area contributed by atoms with Gasteiger partial charge in [-0.3, -0.25) is 9.69 Å². The van der Waals surface area contributed by atoms with Gasteiger partial charge < -0.3 is 9.73 Å². The fourth-order valence-electron chi connectivity index (χ4n) is 3.52. The van der Waals surface area contributed by atoms with Gasteiger partial charge in [-0.15, -0.1) is 0 Å². The molecule has 1 unspecified atom stereocenters. The molecule has 1 aliphatic rings. The van der Waals surface area contributed by atoms with Crippen LogP contribution in [-0.4, -0.2) is 45.3 Å². The van der Waals surface area contributed by atoms with Crippen molar-refractivity contribution in [1.82, 2.24) is 19.7 Å². The molecule has 7 nitrogen and oxygen atoms in total. The van der Waals surface area contributed by atoms with Crippen LogP contribution in [0.25, 0.3) is 11.1 Å². The summed E-state index contributed by atoms with van der Waals surface area (Å²) >= 11 is 0. The first-order valence-corrected chi connectivity index (χ1v) is 9.15. The van der Waals surface area contributed by atoms with Gasteiger partial charge in [-0.1, -0.05) is 18.6 Å². The Hall–Kier alpha value is -2.67. The second-order valence-electron chi connectivity index (χ2n) is 6.64. The Morgan fingerprint density at radius 2 is 2.08 bits per heavy atom. The summed E-state index contributed by atoms with van der Waals surface area (Å²) in [6, 6.07) is 12.0.